The zero-order valence-corrected chi connectivity index (χ0v) is 11.7. The summed E-state index contributed by atoms with van der Waals surface area (Å²) in [7, 11) is -3.91. The van der Waals surface area contributed by atoms with Crippen molar-refractivity contribution in [2.45, 2.75) is 19.5 Å². The van der Waals surface area contributed by atoms with Crippen molar-refractivity contribution < 1.29 is 26.3 Å². The van der Waals surface area contributed by atoms with Crippen LogP contribution in [0.5, 0.6) is 0 Å². The van der Waals surface area contributed by atoms with E-state index >= 15 is 0 Å². The van der Waals surface area contributed by atoms with E-state index in [9.17, 15) is 21.6 Å². The Kier molecular flexibility index (Phi) is 7.61. The standard InChI is InChI=1S/C8H15BrF3NO3S/c1-2-16-5-3-4-13(6-8(10,11)12)17(14,15)7-9/h2-7H2,1H3. The highest BCUT2D eigenvalue weighted by Gasteiger charge is 2.35. The quantitative estimate of drug-likeness (QED) is 0.500. The minimum absolute atomic E-state index is 0.201. The lowest BCUT2D eigenvalue weighted by Gasteiger charge is -2.22. The average molecular weight is 342 g/mol. The van der Waals surface area contributed by atoms with Crippen molar-refractivity contribution >= 4 is 26.0 Å². The Bertz CT molecular complexity index is 308. The van der Waals surface area contributed by atoms with Crippen LogP contribution in [0.2, 0.25) is 0 Å². The molecule has 0 unspecified atom stereocenters. The van der Waals surface area contributed by atoms with Gasteiger partial charge in [-0.25, -0.2) is 8.42 Å². The zero-order valence-electron chi connectivity index (χ0n) is 9.33. The molecule has 9 heteroatoms. The van der Waals surface area contributed by atoms with E-state index < -0.39 is 27.4 Å². The number of nitrogens with zero attached hydrogens (tertiary/aromatic N) is 1. The van der Waals surface area contributed by atoms with Gasteiger partial charge in [-0.2, -0.15) is 17.5 Å². The third-order valence-electron chi connectivity index (χ3n) is 1.79. The lowest BCUT2D eigenvalue weighted by atomic mass is 10.4. The normalized spacial score (nSPS) is 13.3. The molecule has 0 aliphatic carbocycles. The second kappa shape index (κ2) is 7.55. The fraction of sp³-hybridized carbons (Fsp3) is 1.00. The molecule has 0 spiro atoms. The van der Waals surface area contributed by atoms with Crippen LogP contribution in [0.1, 0.15) is 13.3 Å². The van der Waals surface area contributed by atoms with E-state index in [1.807, 2.05) is 0 Å². The molecule has 4 nitrogen and oxygen atoms in total. The van der Waals surface area contributed by atoms with E-state index in [1.54, 1.807) is 6.92 Å². The van der Waals surface area contributed by atoms with Crippen LogP contribution in [0, 0.1) is 0 Å². The van der Waals surface area contributed by atoms with Crippen molar-refractivity contribution in [1.82, 2.24) is 4.31 Å². The molecule has 0 N–H and O–H groups in total. The van der Waals surface area contributed by atoms with E-state index in [-0.39, 0.29) is 19.6 Å². The highest BCUT2D eigenvalue weighted by molar-refractivity contribution is 9.10. The van der Waals surface area contributed by atoms with E-state index in [0.717, 1.165) is 0 Å². The number of hydrogen-bond acceptors (Lipinski definition) is 3. The van der Waals surface area contributed by atoms with Gasteiger partial charge in [-0.05, 0) is 13.3 Å². The van der Waals surface area contributed by atoms with Gasteiger partial charge in [0.2, 0.25) is 10.0 Å². The summed E-state index contributed by atoms with van der Waals surface area (Å²) < 4.78 is 64.2. The second-order valence-electron chi connectivity index (χ2n) is 3.22. The van der Waals surface area contributed by atoms with Gasteiger partial charge in [-0.15, -0.1) is 0 Å². The first-order chi connectivity index (χ1) is 7.73. The maximum Gasteiger partial charge on any atom is 0.402 e. The van der Waals surface area contributed by atoms with Gasteiger partial charge in [-0.1, -0.05) is 15.9 Å². The van der Waals surface area contributed by atoms with Crippen molar-refractivity contribution in [3.8, 4) is 0 Å². The lowest BCUT2D eigenvalue weighted by molar-refractivity contribution is -0.136. The zero-order chi connectivity index (χ0) is 13.5. The molecule has 104 valence electrons. The molecule has 0 aromatic carbocycles. The van der Waals surface area contributed by atoms with E-state index in [2.05, 4.69) is 15.9 Å². The van der Waals surface area contributed by atoms with Gasteiger partial charge in [0.1, 0.15) is 11.2 Å². The third kappa shape index (κ3) is 7.96. The molecule has 0 aromatic heterocycles. The lowest BCUT2D eigenvalue weighted by Crippen LogP contribution is -2.40. The molecular weight excluding hydrogens is 327 g/mol. The molecule has 0 radical (unpaired) electrons. The van der Waals surface area contributed by atoms with Crippen LogP contribution < -0.4 is 0 Å². The third-order valence-corrected chi connectivity index (χ3v) is 4.90. The van der Waals surface area contributed by atoms with Crippen LogP contribution >= 0.6 is 15.9 Å². The van der Waals surface area contributed by atoms with Crippen molar-refractivity contribution in [2.75, 3.05) is 31.0 Å². The molecule has 0 rings (SSSR count). The number of ether oxygens (including phenoxy) is 1. The fourth-order valence-corrected chi connectivity index (χ4v) is 2.83. The Balaban J connectivity index is 4.43. The molecule has 0 aliphatic rings. The number of rotatable bonds is 8. The van der Waals surface area contributed by atoms with Crippen LogP contribution in [0.25, 0.3) is 0 Å². The first kappa shape index (κ1) is 17.1. The molecule has 0 atom stereocenters. The van der Waals surface area contributed by atoms with E-state index in [0.29, 0.717) is 10.9 Å². The summed E-state index contributed by atoms with van der Waals surface area (Å²) in [4.78, 5) is 0. The predicted molar refractivity (Wildman–Crippen MR) is 61.5 cm³/mol. The smallest absolute Gasteiger partial charge is 0.382 e. The van der Waals surface area contributed by atoms with E-state index in [1.165, 1.54) is 0 Å². The van der Waals surface area contributed by atoms with Crippen molar-refractivity contribution in [1.29, 1.82) is 0 Å². The number of hydrogen-bond donors (Lipinski definition) is 0. The Hall–Kier alpha value is 0.140. The molecule has 0 aromatic rings. The molecule has 0 heterocycles. The Morgan fingerprint density at radius 3 is 2.35 bits per heavy atom. The minimum Gasteiger partial charge on any atom is -0.382 e. The Morgan fingerprint density at radius 2 is 1.94 bits per heavy atom. The predicted octanol–water partition coefficient (Wildman–Crippen LogP) is 1.96. The summed E-state index contributed by atoms with van der Waals surface area (Å²) in [6, 6.07) is 0. The average Bonchev–Trinajstić information content (AvgIpc) is 2.21. The Morgan fingerprint density at radius 1 is 1.35 bits per heavy atom. The monoisotopic (exact) mass is 341 g/mol. The van der Waals surface area contributed by atoms with Gasteiger partial charge in [0, 0.05) is 19.8 Å². The van der Waals surface area contributed by atoms with Gasteiger partial charge < -0.3 is 4.74 Å². The Labute approximate surface area is 107 Å². The van der Waals surface area contributed by atoms with Gasteiger partial charge in [0.15, 0.2) is 0 Å². The highest BCUT2D eigenvalue weighted by Crippen LogP contribution is 2.19. The second-order valence-corrected chi connectivity index (χ2v) is 6.49. The van der Waals surface area contributed by atoms with Crippen LogP contribution in [-0.4, -0.2) is 49.9 Å². The summed E-state index contributed by atoms with van der Waals surface area (Å²) in [6.45, 7) is 0.774. The van der Waals surface area contributed by atoms with Gasteiger partial charge in [0.05, 0.1) is 0 Å². The fourth-order valence-electron chi connectivity index (χ4n) is 1.07. The first-order valence-corrected chi connectivity index (χ1v) is 7.64. The SMILES string of the molecule is CCOCCCN(CC(F)(F)F)S(=O)(=O)CBr. The van der Waals surface area contributed by atoms with Crippen molar-refractivity contribution in [3.05, 3.63) is 0 Å². The number of sulfonamides is 1. The van der Waals surface area contributed by atoms with Gasteiger partial charge in [0.25, 0.3) is 0 Å². The maximum atomic E-state index is 12.2. The summed E-state index contributed by atoms with van der Waals surface area (Å²) in [5, 5.41) is 0. The largest absolute Gasteiger partial charge is 0.402 e. The molecule has 0 bridgehead atoms. The first-order valence-electron chi connectivity index (χ1n) is 4.91. The van der Waals surface area contributed by atoms with Crippen molar-refractivity contribution in [3.63, 3.8) is 0 Å². The molecule has 0 amide bonds. The molecule has 0 aliphatic heterocycles. The number of alkyl halides is 4. The molecule has 0 fully saturated rings. The number of halogens is 4. The van der Waals surface area contributed by atoms with Crippen LogP contribution in [0.15, 0.2) is 0 Å². The molecule has 17 heavy (non-hydrogen) atoms. The molecular formula is C8H15BrF3NO3S. The van der Waals surface area contributed by atoms with Crippen LogP contribution in [0.4, 0.5) is 13.2 Å². The maximum absolute atomic E-state index is 12.2. The van der Waals surface area contributed by atoms with Crippen LogP contribution in [-0.2, 0) is 14.8 Å². The van der Waals surface area contributed by atoms with Gasteiger partial charge in [-0.3, -0.25) is 0 Å². The topological polar surface area (TPSA) is 46.6 Å². The summed E-state index contributed by atoms with van der Waals surface area (Å²) in [5.74, 6) is 0. The summed E-state index contributed by atoms with van der Waals surface area (Å²) in [5.41, 5.74) is 0. The minimum atomic E-state index is -4.54. The summed E-state index contributed by atoms with van der Waals surface area (Å²) >= 11 is 2.67. The molecule has 0 saturated heterocycles. The van der Waals surface area contributed by atoms with E-state index in [4.69, 9.17) is 4.74 Å². The summed E-state index contributed by atoms with van der Waals surface area (Å²) in [6.07, 6.45) is -4.31. The van der Waals surface area contributed by atoms with Crippen molar-refractivity contribution in [2.24, 2.45) is 0 Å². The van der Waals surface area contributed by atoms with Gasteiger partial charge >= 0.3 is 6.18 Å². The molecule has 0 saturated carbocycles. The van der Waals surface area contributed by atoms with Crippen LogP contribution in [0.3, 0.4) is 0 Å². The highest BCUT2D eigenvalue weighted by atomic mass is 79.9.